The minimum atomic E-state index is -4.54. The van der Waals surface area contributed by atoms with Crippen molar-refractivity contribution in [2.75, 3.05) is 5.32 Å². The summed E-state index contributed by atoms with van der Waals surface area (Å²) < 4.78 is 39.1. The van der Waals surface area contributed by atoms with Crippen LogP contribution in [0.5, 0.6) is 0 Å². The molecule has 4 aliphatic carbocycles. The molecule has 2 N–H and O–H groups in total. The molecule has 1 aromatic rings. The van der Waals surface area contributed by atoms with E-state index in [-0.39, 0.29) is 39.8 Å². The molecule has 5 nitrogen and oxygen atoms in total. The third-order valence-electron chi connectivity index (χ3n) is 11.2. The Kier molecular flexibility index (Phi) is 5.34. The molecule has 7 atom stereocenters. The number of nitrogens with zero attached hydrogens (tertiary/aromatic N) is 1. The van der Waals surface area contributed by atoms with Crippen molar-refractivity contribution < 1.29 is 22.8 Å². The molecule has 1 aromatic heterocycles. The summed E-state index contributed by atoms with van der Waals surface area (Å²) in [7, 11) is 0. The van der Waals surface area contributed by atoms with Crippen molar-refractivity contribution in [3.63, 3.8) is 0 Å². The van der Waals surface area contributed by atoms with Gasteiger partial charge in [0.25, 0.3) is 0 Å². The van der Waals surface area contributed by atoms with E-state index < -0.39 is 11.9 Å². The Balaban J connectivity index is 1.18. The Morgan fingerprint density at radius 3 is 2.56 bits per heavy atom. The molecule has 2 amide bonds. The largest absolute Gasteiger partial charge is 0.433 e. The number of hydrogen-bond donors (Lipinski definition) is 2. The van der Waals surface area contributed by atoms with Crippen LogP contribution in [0.2, 0.25) is 0 Å². The predicted molar refractivity (Wildman–Crippen MR) is 129 cm³/mol. The molecule has 1 saturated heterocycles. The molecular weight excluding hydrogens is 467 g/mol. The van der Waals surface area contributed by atoms with Gasteiger partial charge in [-0.05, 0) is 103 Å². The van der Waals surface area contributed by atoms with Gasteiger partial charge in [-0.3, -0.25) is 9.59 Å². The first-order valence-corrected chi connectivity index (χ1v) is 13.6. The zero-order valence-corrected chi connectivity index (χ0v) is 21.1. The van der Waals surface area contributed by atoms with E-state index in [0.717, 1.165) is 38.2 Å². The quantitative estimate of drug-likeness (QED) is 0.535. The highest BCUT2D eigenvalue weighted by atomic mass is 19.4. The van der Waals surface area contributed by atoms with E-state index in [0.29, 0.717) is 36.6 Å². The van der Waals surface area contributed by atoms with Gasteiger partial charge in [0, 0.05) is 18.9 Å². The Morgan fingerprint density at radius 1 is 1.08 bits per heavy atom. The maximum absolute atomic E-state index is 13.0. The van der Waals surface area contributed by atoms with Crippen LogP contribution in [-0.2, 0) is 15.8 Å². The predicted octanol–water partition coefficient (Wildman–Crippen LogP) is 5.96. The molecule has 2 heterocycles. The zero-order valence-electron chi connectivity index (χ0n) is 21.1. The lowest BCUT2D eigenvalue weighted by atomic mass is 9.44. The number of piperidine rings is 1. The number of nitrogens with one attached hydrogen (secondary N) is 2. The molecule has 36 heavy (non-hydrogen) atoms. The van der Waals surface area contributed by atoms with Gasteiger partial charge in [-0.1, -0.05) is 19.9 Å². The highest BCUT2D eigenvalue weighted by Crippen LogP contribution is 2.72. The van der Waals surface area contributed by atoms with Crippen molar-refractivity contribution in [1.82, 2.24) is 10.3 Å². The van der Waals surface area contributed by atoms with Crippen molar-refractivity contribution in [2.24, 2.45) is 39.9 Å². The van der Waals surface area contributed by atoms with Gasteiger partial charge < -0.3 is 10.6 Å². The summed E-state index contributed by atoms with van der Waals surface area (Å²) in [5, 5.41) is 6.05. The van der Waals surface area contributed by atoms with Crippen LogP contribution < -0.4 is 10.6 Å². The van der Waals surface area contributed by atoms with E-state index in [1.807, 2.05) is 0 Å². The zero-order chi connectivity index (χ0) is 25.5. The number of pyridine rings is 1. The fraction of sp³-hybridized carbons (Fsp3) is 0.750. The Labute approximate surface area is 210 Å². The van der Waals surface area contributed by atoms with Crippen LogP contribution in [0.3, 0.4) is 0 Å². The molecular formula is C28H36F3N3O2. The maximum atomic E-state index is 13.0. The van der Waals surface area contributed by atoms with Crippen LogP contribution >= 0.6 is 0 Å². The molecule has 6 rings (SSSR count). The number of hydrogen-bond acceptors (Lipinski definition) is 3. The molecule has 0 bridgehead atoms. The Hall–Kier alpha value is -2.12. The topological polar surface area (TPSA) is 71.1 Å². The lowest BCUT2D eigenvalue weighted by Gasteiger charge is -2.63. The van der Waals surface area contributed by atoms with Crippen molar-refractivity contribution in [3.8, 4) is 0 Å². The van der Waals surface area contributed by atoms with Crippen LogP contribution in [0.1, 0.15) is 83.7 Å². The van der Waals surface area contributed by atoms with Crippen molar-refractivity contribution >= 4 is 17.6 Å². The van der Waals surface area contributed by atoms with Crippen molar-refractivity contribution in [2.45, 2.75) is 90.3 Å². The summed E-state index contributed by atoms with van der Waals surface area (Å²) >= 11 is 0. The highest BCUT2D eigenvalue weighted by molar-refractivity contribution is 5.90. The average molecular weight is 504 g/mol. The monoisotopic (exact) mass is 503 g/mol. The third kappa shape index (κ3) is 3.68. The molecule has 1 spiro atoms. The number of anilines is 1. The van der Waals surface area contributed by atoms with Crippen LogP contribution in [0.4, 0.5) is 19.0 Å². The minimum Gasteiger partial charge on any atom is -0.352 e. The first kappa shape index (κ1) is 24.2. The number of carbonyl (C=O) groups is 2. The van der Waals surface area contributed by atoms with Crippen LogP contribution in [0, 0.1) is 39.9 Å². The third-order valence-corrected chi connectivity index (χ3v) is 11.2. The summed E-state index contributed by atoms with van der Waals surface area (Å²) in [6, 6.07) is 3.91. The SMILES string of the molecule is C[C@]12CCC(=O)NC1C1(CC1)CC1C2CC[C@]2(C)[C@@H](CC(=O)Nc3cccc(C(F)(F)F)n3)CC[C@@H]12. The van der Waals surface area contributed by atoms with Gasteiger partial charge in [0.2, 0.25) is 11.8 Å². The van der Waals surface area contributed by atoms with Gasteiger partial charge in [-0.2, -0.15) is 13.2 Å². The molecule has 0 aromatic carbocycles. The Morgan fingerprint density at radius 2 is 1.83 bits per heavy atom. The normalized spacial score (nSPS) is 40.6. The number of alkyl halides is 3. The summed E-state index contributed by atoms with van der Waals surface area (Å²) in [5.41, 5.74) is -0.519. The van der Waals surface area contributed by atoms with Crippen LogP contribution in [0.15, 0.2) is 18.2 Å². The lowest BCUT2D eigenvalue weighted by Crippen LogP contribution is -2.65. The summed E-state index contributed by atoms with van der Waals surface area (Å²) in [6.45, 7) is 4.79. The molecule has 4 saturated carbocycles. The first-order valence-electron chi connectivity index (χ1n) is 13.6. The van der Waals surface area contributed by atoms with E-state index in [1.165, 1.54) is 31.4 Å². The number of halogens is 3. The second-order valence-corrected chi connectivity index (χ2v) is 12.9. The maximum Gasteiger partial charge on any atom is 0.433 e. The van der Waals surface area contributed by atoms with E-state index in [1.54, 1.807) is 0 Å². The number of rotatable bonds is 3. The lowest BCUT2D eigenvalue weighted by molar-refractivity contribution is -0.147. The fourth-order valence-corrected chi connectivity index (χ4v) is 9.33. The Bertz CT molecular complexity index is 1090. The van der Waals surface area contributed by atoms with Gasteiger partial charge in [0.05, 0.1) is 0 Å². The van der Waals surface area contributed by atoms with Crippen LogP contribution in [0.25, 0.3) is 0 Å². The second-order valence-electron chi connectivity index (χ2n) is 12.9. The number of fused-ring (bicyclic) bond motifs is 6. The van der Waals surface area contributed by atoms with Gasteiger partial charge >= 0.3 is 6.18 Å². The fourth-order valence-electron chi connectivity index (χ4n) is 9.33. The van der Waals surface area contributed by atoms with E-state index in [2.05, 4.69) is 29.5 Å². The first-order chi connectivity index (χ1) is 16.9. The molecule has 196 valence electrons. The van der Waals surface area contributed by atoms with Crippen molar-refractivity contribution in [1.29, 1.82) is 0 Å². The smallest absolute Gasteiger partial charge is 0.352 e. The van der Waals surface area contributed by atoms with E-state index in [4.69, 9.17) is 0 Å². The summed E-state index contributed by atoms with van der Waals surface area (Å²) in [5.74, 6) is 1.94. The standard InChI is InChI=1S/C28H36F3N3O2/c1-25-10-8-19-17(15-27(12-13-27)24-26(19,2)11-9-22(35)34-24)18(25)7-6-16(25)14-23(36)33-21-5-3-4-20(32-21)28(29,30)31/h3-5,16-19,24H,6-15H2,1-2H3,(H,34,35)(H,32,33,36)/t16-,17?,18+,19?,24?,25-,26-/m1/s1. The number of carbonyl (C=O) groups excluding carboxylic acids is 2. The van der Waals surface area contributed by atoms with Gasteiger partial charge in [-0.15, -0.1) is 0 Å². The molecule has 5 fully saturated rings. The van der Waals surface area contributed by atoms with Gasteiger partial charge in [0.15, 0.2) is 0 Å². The summed E-state index contributed by atoms with van der Waals surface area (Å²) in [6.07, 6.45) is 5.28. The molecule has 3 unspecified atom stereocenters. The molecule has 0 radical (unpaired) electrons. The van der Waals surface area contributed by atoms with E-state index in [9.17, 15) is 22.8 Å². The van der Waals surface area contributed by atoms with Gasteiger partial charge in [0.1, 0.15) is 11.5 Å². The highest BCUT2D eigenvalue weighted by Gasteiger charge is 2.68. The number of amides is 2. The molecule has 5 aliphatic rings. The average Bonchev–Trinajstić information content (AvgIpc) is 3.50. The van der Waals surface area contributed by atoms with Crippen molar-refractivity contribution in [3.05, 3.63) is 23.9 Å². The second kappa shape index (κ2) is 7.94. The molecule has 8 heteroatoms. The van der Waals surface area contributed by atoms with Gasteiger partial charge in [-0.25, -0.2) is 4.98 Å². The van der Waals surface area contributed by atoms with E-state index >= 15 is 0 Å². The summed E-state index contributed by atoms with van der Waals surface area (Å²) in [4.78, 5) is 28.8. The van der Waals surface area contributed by atoms with Crippen LogP contribution in [-0.4, -0.2) is 22.8 Å². The minimum absolute atomic E-state index is 0.0421. The number of aromatic nitrogens is 1. The molecule has 1 aliphatic heterocycles.